The number of hydrogen-bond donors (Lipinski definition) is 1. The fourth-order valence-electron chi connectivity index (χ4n) is 5.04. The van der Waals surface area contributed by atoms with E-state index < -0.39 is 18.3 Å². The number of hydrogen-bond acceptors (Lipinski definition) is 6. The van der Waals surface area contributed by atoms with E-state index in [1.54, 1.807) is 19.1 Å². The van der Waals surface area contributed by atoms with Crippen molar-refractivity contribution in [2.24, 2.45) is 11.7 Å². The molecule has 3 heterocycles. The van der Waals surface area contributed by atoms with Gasteiger partial charge in [-0.3, -0.25) is 4.98 Å². The molecule has 0 radical (unpaired) electrons. The summed E-state index contributed by atoms with van der Waals surface area (Å²) in [4.78, 5) is 4.36. The molecule has 1 aromatic heterocycles. The summed E-state index contributed by atoms with van der Waals surface area (Å²) in [6, 6.07) is 9.55. The van der Waals surface area contributed by atoms with Crippen molar-refractivity contribution >= 4 is 24.2 Å². The molecule has 9 heteroatoms. The molecule has 2 aliphatic heterocycles. The lowest BCUT2D eigenvalue weighted by molar-refractivity contribution is 0.00578. The molecule has 0 amide bonds. The first-order valence-corrected chi connectivity index (χ1v) is 14.9. The van der Waals surface area contributed by atoms with Crippen molar-refractivity contribution in [3.63, 3.8) is 0 Å². The summed E-state index contributed by atoms with van der Waals surface area (Å²) in [5.74, 6) is 1.97. The van der Waals surface area contributed by atoms with Crippen molar-refractivity contribution in [2.45, 2.75) is 92.6 Å². The minimum atomic E-state index is -0.689. The highest BCUT2D eigenvalue weighted by molar-refractivity contribution is 6.62. The second-order valence-electron chi connectivity index (χ2n) is 12.7. The summed E-state index contributed by atoms with van der Waals surface area (Å²) in [5, 5.41) is 0.410. The van der Waals surface area contributed by atoms with Gasteiger partial charge in [-0.2, -0.15) is 0 Å². The summed E-state index contributed by atoms with van der Waals surface area (Å²) in [5.41, 5.74) is 11.5. The molecule has 6 nitrogen and oxygen atoms in total. The van der Waals surface area contributed by atoms with E-state index in [1.807, 2.05) is 53.8 Å². The van der Waals surface area contributed by atoms with Crippen LogP contribution < -0.4 is 20.7 Å². The molecule has 3 aromatic rings. The first-order valence-electron chi connectivity index (χ1n) is 14.5. The number of halogens is 2. The predicted octanol–water partition coefficient (Wildman–Crippen LogP) is 7.10. The van der Waals surface area contributed by atoms with Crippen LogP contribution in [0.3, 0.4) is 0 Å². The number of benzene rings is 2. The third-order valence-corrected chi connectivity index (χ3v) is 8.64. The Morgan fingerprint density at radius 2 is 1.69 bits per heavy atom. The van der Waals surface area contributed by atoms with E-state index in [0.717, 1.165) is 40.3 Å². The molecule has 0 saturated carbocycles. The Kier molecular flexibility index (Phi) is 9.63. The van der Waals surface area contributed by atoms with Crippen LogP contribution >= 0.6 is 11.6 Å². The van der Waals surface area contributed by atoms with Crippen LogP contribution in [0.1, 0.15) is 70.3 Å². The topological polar surface area (TPSA) is 75.8 Å². The molecule has 1 atom stereocenters. The van der Waals surface area contributed by atoms with Gasteiger partial charge in [0.25, 0.3) is 0 Å². The van der Waals surface area contributed by atoms with E-state index in [0.29, 0.717) is 35.2 Å². The summed E-state index contributed by atoms with van der Waals surface area (Å²) >= 11 is 5.88. The maximum absolute atomic E-state index is 14.2. The van der Waals surface area contributed by atoms with Crippen molar-refractivity contribution in [3.8, 4) is 22.6 Å². The highest BCUT2D eigenvalue weighted by Gasteiger charge is 2.52. The van der Waals surface area contributed by atoms with Gasteiger partial charge in [0, 0.05) is 50.7 Å². The van der Waals surface area contributed by atoms with E-state index >= 15 is 0 Å². The van der Waals surface area contributed by atoms with Crippen molar-refractivity contribution in [1.82, 2.24) is 4.98 Å². The zero-order valence-electron chi connectivity index (χ0n) is 26.2. The summed E-state index contributed by atoms with van der Waals surface area (Å²) in [6.07, 6.45) is 2.86. The standard InChI is InChI=1S/C20H26N2O2.C13H17BClFO2/c1-12(2)7-16(21)11-23-19-6-5-17-18-8-13(3)22-9-15(18)10-24-20(17)14(19)4;1-8-10(15)7-6-9(11(8)16)14-17-12(2,3)13(4,5)18-14/h5-6,8-9,12,16H,7,10-11,21H2,1-4H3;6-7H,1-5H3/t16-;/m0./s1. The molecular formula is C33H43BClFN2O4. The molecule has 2 N–H and O–H groups in total. The minimum Gasteiger partial charge on any atom is -0.492 e. The predicted molar refractivity (Wildman–Crippen MR) is 168 cm³/mol. The highest BCUT2D eigenvalue weighted by Crippen LogP contribution is 2.43. The molecule has 226 valence electrons. The summed E-state index contributed by atoms with van der Waals surface area (Å²) in [7, 11) is -0.689. The average molecular weight is 597 g/mol. The number of fused-ring (bicyclic) bond motifs is 3. The Morgan fingerprint density at radius 1 is 1.02 bits per heavy atom. The Labute approximate surface area is 255 Å². The van der Waals surface area contributed by atoms with E-state index in [2.05, 4.69) is 31.0 Å². The Balaban J connectivity index is 0.000000201. The number of nitrogens with zero attached hydrogens (tertiary/aromatic N) is 1. The van der Waals surface area contributed by atoms with Crippen LogP contribution in [-0.4, -0.2) is 36.0 Å². The van der Waals surface area contributed by atoms with Gasteiger partial charge in [-0.25, -0.2) is 4.39 Å². The van der Waals surface area contributed by atoms with Gasteiger partial charge in [0.1, 0.15) is 30.5 Å². The van der Waals surface area contributed by atoms with Crippen molar-refractivity contribution in [1.29, 1.82) is 0 Å². The molecule has 0 unspecified atom stereocenters. The fourth-order valence-corrected chi connectivity index (χ4v) is 5.18. The molecule has 1 saturated heterocycles. The maximum atomic E-state index is 14.2. The number of pyridine rings is 1. The van der Waals surface area contributed by atoms with Crippen molar-refractivity contribution < 1.29 is 23.2 Å². The summed E-state index contributed by atoms with van der Waals surface area (Å²) < 4.78 is 37.8. The minimum absolute atomic E-state index is 0.0517. The molecule has 2 aromatic carbocycles. The van der Waals surface area contributed by atoms with Crippen molar-refractivity contribution in [2.75, 3.05) is 6.61 Å². The third-order valence-electron chi connectivity index (χ3n) is 8.23. The maximum Gasteiger partial charge on any atom is 0.497 e. The molecule has 2 aliphatic rings. The van der Waals surface area contributed by atoms with Crippen LogP contribution in [-0.2, 0) is 15.9 Å². The van der Waals surface area contributed by atoms with Gasteiger partial charge in [0.2, 0.25) is 0 Å². The van der Waals surface area contributed by atoms with E-state index in [9.17, 15) is 4.39 Å². The molecular weight excluding hydrogens is 554 g/mol. The Hall–Kier alpha value is -2.65. The van der Waals surface area contributed by atoms with Gasteiger partial charge in [0.05, 0.1) is 11.2 Å². The Bertz CT molecular complexity index is 1430. The van der Waals surface area contributed by atoms with Crippen LogP contribution in [0.15, 0.2) is 36.5 Å². The SMILES string of the molecule is Cc1c(Cl)ccc(B2OC(C)(C)C(C)(C)O2)c1F.Cc1cc2c(cn1)COc1c-2ccc(OC[C@@H](N)CC(C)C)c1C. The molecule has 0 bridgehead atoms. The summed E-state index contributed by atoms with van der Waals surface area (Å²) in [6.45, 7) is 18.9. The molecule has 42 heavy (non-hydrogen) atoms. The van der Waals surface area contributed by atoms with Gasteiger partial charge in [0.15, 0.2) is 0 Å². The van der Waals surface area contributed by atoms with E-state index in [-0.39, 0.29) is 11.9 Å². The number of rotatable bonds is 6. The smallest absolute Gasteiger partial charge is 0.492 e. The van der Waals surface area contributed by atoms with Crippen LogP contribution in [0.2, 0.25) is 5.02 Å². The van der Waals surface area contributed by atoms with Gasteiger partial charge < -0.3 is 24.5 Å². The number of ether oxygens (including phenoxy) is 2. The quantitative estimate of drug-likeness (QED) is 0.306. The molecule has 5 rings (SSSR count). The van der Waals surface area contributed by atoms with Crippen LogP contribution in [0.5, 0.6) is 11.5 Å². The third kappa shape index (κ3) is 6.78. The zero-order chi connectivity index (χ0) is 31.0. The monoisotopic (exact) mass is 596 g/mol. The fraction of sp³-hybridized carbons (Fsp3) is 0.485. The first kappa shape index (κ1) is 32.3. The number of aromatic nitrogens is 1. The van der Waals surface area contributed by atoms with Gasteiger partial charge in [-0.15, -0.1) is 0 Å². The van der Waals surface area contributed by atoms with Crippen molar-refractivity contribution in [3.05, 3.63) is 69.8 Å². The van der Waals surface area contributed by atoms with E-state index in [4.69, 9.17) is 36.1 Å². The van der Waals surface area contributed by atoms with E-state index in [1.165, 1.54) is 5.56 Å². The first-order chi connectivity index (χ1) is 19.6. The highest BCUT2D eigenvalue weighted by atomic mass is 35.5. The van der Waals surface area contributed by atoms with Gasteiger partial charge >= 0.3 is 7.12 Å². The lowest BCUT2D eigenvalue weighted by Crippen LogP contribution is -2.41. The van der Waals surface area contributed by atoms with Crippen LogP contribution in [0.4, 0.5) is 4.39 Å². The molecule has 0 spiro atoms. The molecule has 1 fully saturated rings. The lowest BCUT2D eigenvalue weighted by atomic mass is 9.78. The van der Waals surface area contributed by atoms with Crippen LogP contribution in [0.25, 0.3) is 11.1 Å². The second-order valence-corrected chi connectivity index (χ2v) is 13.1. The normalized spacial score (nSPS) is 17.1. The van der Waals surface area contributed by atoms with Gasteiger partial charge in [-0.1, -0.05) is 31.5 Å². The number of nitrogens with two attached hydrogens (primary N) is 1. The van der Waals surface area contributed by atoms with Gasteiger partial charge in [-0.05, 0) is 90.6 Å². The second kappa shape index (κ2) is 12.5. The largest absolute Gasteiger partial charge is 0.497 e. The number of aryl methyl sites for hydroxylation is 1. The zero-order valence-corrected chi connectivity index (χ0v) is 27.0. The molecule has 0 aliphatic carbocycles. The lowest BCUT2D eigenvalue weighted by Gasteiger charge is -2.32. The Morgan fingerprint density at radius 3 is 2.33 bits per heavy atom. The average Bonchev–Trinajstić information content (AvgIpc) is 3.12. The van der Waals surface area contributed by atoms with Crippen LogP contribution in [0, 0.1) is 32.5 Å².